The summed E-state index contributed by atoms with van der Waals surface area (Å²) in [5.41, 5.74) is -1.48. The monoisotopic (exact) mass is 650 g/mol. The molecule has 4 N–H and O–H groups in total. The van der Waals surface area contributed by atoms with E-state index >= 15 is 0 Å². The van der Waals surface area contributed by atoms with Gasteiger partial charge in [-0.2, -0.15) is 0 Å². The van der Waals surface area contributed by atoms with E-state index < -0.39 is 53.8 Å². The topological polar surface area (TPSA) is 196 Å². The molecule has 0 radical (unpaired) electrons. The lowest BCUT2D eigenvalue weighted by atomic mass is 9.72. The molecule has 0 aromatic rings. The zero-order chi connectivity index (χ0) is 34.2. The second kappa shape index (κ2) is 15.6. The third-order valence-corrected chi connectivity index (χ3v) is 7.93. The number of alkyl carbamates (subject to hydrolysis) is 2. The number of nitrogens with one attached hydrogen (secondary N) is 3. The summed E-state index contributed by atoms with van der Waals surface area (Å²) in [4.78, 5) is 82.6. The molecule has 4 fully saturated rings. The van der Waals surface area contributed by atoms with Crippen molar-refractivity contribution in [3.8, 4) is 0 Å². The van der Waals surface area contributed by atoms with Gasteiger partial charge in [-0.1, -0.05) is 12.8 Å². The number of nitrogens with zero attached hydrogens (tertiary/aromatic N) is 3. The van der Waals surface area contributed by atoms with Crippen LogP contribution in [0, 0.1) is 5.92 Å². The van der Waals surface area contributed by atoms with Crippen LogP contribution in [0.3, 0.4) is 0 Å². The lowest BCUT2D eigenvalue weighted by Crippen LogP contribution is -2.72. The molecule has 15 heteroatoms. The second-order valence-electron chi connectivity index (χ2n) is 14.1. The van der Waals surface area contributed by atoms with E-state index in [1.54, 1.807) is 46.4 Å². The van der Waals surface area contributed by atoms with Gasteiger partial charge in [0.15, 0.2) is 0 Å². The first-order valence-corrected chi connectivity index (χ1v) is 16.1. The average molecular weight is 651 g/mol. The molecule has 0 unspecified atom stereocenters. The van der Waals surface area contributed by atoms with E-state index in [0.29, 0.717) is 25.9 Å². The van der Waals surface area contributed by atoms with E-state index in [2.05, 4.69) is 20.9 Å². The number of fused-ring (bicyclic) bond motifs is 2. The van der Waals surface area contributed by atoms with E-state index in [0.717, 1.165) is 38.5 Å². The maximum absolute atomic E-state index is 13.5. The molecule has 5 amide bonds. The van der Waals surface area contributed by atoms with E-state index in [1.807, 2.05) is 0 Å². The molecule has 3 saturated heterocycles. The van der Waals surface area contributed by atoms with Crippen LogP contribution in [0.1, 0.15) is 99.3 Å². The predicted octanol–water partition coefficient (Wildman–Crippen LogP) is 2.52. The minimum Gasteiger partial charge on any atom is -0.481 e. The van der Waals surface area contributed by atoms with Gasteiger partial charge < -0.3 is 29.7 Å². The van der Waals surface area contributed by atoms with Crippen LogP contribution in [0.15, 0.2) is 4.99 Å². The fourth-order valence-corrected chi connectivity index (χ4v) is 6.10. The molecule has 15 nitrogen and oxygen atoms in total. The lowest BCUT2D eigenvalue weighted by Gasteiger charge is -2.56. The minimum atomic E-state index is -1.20. The number of carbonyl (C=O) groups excluding carboxylic acids is 5. The Hall–Kier alpha value is -3.91. The molecule has 4 rings (SSSR count). The highest BCUT2D eigenvalue weighted by molar-refractivity contribution is 6.02. The quantitative estimate of drug-likeness (QED) is 0.148. The summed E-state index contributed by atoms with van der Waals surface area (Å²) in [7, 11) is 0. The first kappa shape index (κ1) is 36.6. The Morgan fingerprint density at radius 2 is 1.41 bits per heavy atom. The van der Waals surface area contributed by atoms with Gasteiger partial charge >= 0.3 is 18.2 Å². The Bertz CT molecular complexity index is 1150. The van der Waals surface area contributed by atoms with Crippen LogP contribution in [0.4, 0.5) is 9.59 Å². The Morgan fingerprint density at radius 1 is 0.848 bits per heavy atom. The predicted molar refractivity (Wildman–Crippen MR) is 167 cm³/mol. The number of amides is 5. The zero-order valence-corrected chi connectivity index (χ0v) is 27.8. The summed E-state index contributed by atoms with van der Waals surface area (Å²) in [6, 6.07) is -1.84. The minimum absolute atomic E-state index is 0.0411. The Morgan fingerprint density at radius 3 is 1.96 bits per heavy atom. The third kappa shape index (κ3) is 10.9. The molecule has 46 heavy (non-hydrogen) atoms. The van der Waals surface area contributed by atoms with Crippen LogP contribution in [-0.2, 0) is 28.7 Å². The molecular formula is C31H50N6O9. The fourth-order valence-electron chi connectivity index (χ4n) is 6.10. The number of hydrogen-bond acceptors (Lipinski definition) is 9. The first-order valence-electron chi connectivity index (χ1n) is 16.1. The van der Waals surface area contributed by atoms with Crippen molar-refractivity contribution in [1.82, 2.24) is 25.8 Å². The van der Waals surface area contributed by atoms with Crippen LogP contribution in [0.2, 0.25) is 0 Å². The summed E-state index contributed by atoms with van der Waals surface area (Å²) >= 11 is 0. The third-order valence-electron chi connectivity index (χ3n) is 7.93. The van der Waals surface area contributed by atoms with Crippen molar-refractivity contribution in [1.29, 1.82) is 0 Å². The number of carboxylic acids is 1. The number of rotatable bonds is 11. The molecule has 0 aromatic carbocycles. The maximum Gasteiger partial charge on any atom is 0.414 e. The zero-order valence-electron chi connectivity index (χ0n) is 27.8. The number of unbranched alkanes of at least 4 members (excludes halogenated alkanes) is 3. The molecule has 2 bridgehead atoms. The van der Waals surface area contributed by atoms with E-state index in [4.69, 9.17) is 9.47 Å². The molecular weight excluding hydrogens is 600 g/mol. The summed E-state index contributed by atoms with van der Waals surface area (Å²) in [5, 5.41) is 17.1. The smallest absolute Gasteiger partial charge is 0.414 e. The highest BCUT2D eigenvalue weighted by Crippen LogP contribution is 2.43. The van der Waals surface area contributed by atoms with Gasteiger partial charge in [0.05, 0.1) is 6.42 Å². The number of ether oxygens (including phenoxy) is 2. The van der Waals surface area contributed by atoms with Gasteiger partial charge in [0.1, 0.15) is 29.8 Å². The first-order chi connectivity index (χ1) is 21.4. The van der Waals surface area contributed by atoms with Crippen molar-refractivity contribution in [2.24, 2.45) is 10.9 Å². The molecule has 4 aliphatic rings. The molecule has 3 heterocycles. The Balaban J connectivity index is 1.44. The van der Waals surface area contributed by atoms with Crippen molar-refractivity contribution in [3.05, 3.63) is 0 Å². The van der Waals surface area contributed by atoms with Crippen LogP contribution in [-0.4, -0.2) is 106 Å². The number of hydrogen-bond donors (Lipinski definition) is 4. The largest absolute Gasteiger partial charge is 0.481 e. The maximum atomic E-state index is 13.5. The number of piperidine rings is 2. The van der Waals surface area contributed by atoms with E-state index in [9.17, 15) is 33.9 Å². The van der Waals surface area contributed by atoms with Crippen molar-refractivity contribution in [3.63, 3.8) is 0 Å². The number of carboxylic acid groups (broad SMARTS) is 1. The number of aliphatic carboxylic acids is 1. The Kier molecular flexibility index (Phi) is 12.4. The van der Waals surface area contributed by atoms with Gasteiger partial charge in [-0.15, -0.1) is 0 Å². The standard InChI is InChI=1S/C31H50N6O9/c1-30(2,3)45-28(43)34-27(35-29(44)46-31(4,5)6)33-16-10-8-7-9-15-32-22(38)18-36-21(17-23(39)40)25(41)37-20-13-11-19(12-14-20)24(37)26(36)42/h19-21,24H,7-18H2,1-6H3,(H,32,38)(H,39,40)(H2,33,34,35,43,44)/t19?,20?,21-,24-/m0/s1. The molecule has 0 spiro atoms. The molecule has 1 aliphatic carbocycles. The van der Waals surface area contributed by atoms with Crippen LogP contribution < -0.4 is 16.0 Å². The van der Waals surface area contributed by atoms with Gasteiger partial charge in [-0.25, -0.2) is 9.59 Å². The van der Waals surface area contributed by atoms with Gasteiger partial charge in [0.25, 0.3) is 0 Å². The molecule has 1 saturated carbocycles. The number of piperazine rings is 1. The van der Waals surface area contributed by atoms with E-state index in [-0.39, 0.29) is 36.3 Å². The number of carbonyl (C=O) groups is 6. The molecule has 258 valence electrons. The van der Waals surface area contributed by atoms with Gasteiger partial charge in [-0.05, 0) is 86.0 Å². The van der Waals surface area contributed by atoms with Crippen molar-refractivity contribution < 1.29 is 43.3 Å². The normalized spacial score (nSPS) is 22.5. The SMILES string of the molecule is CC(C)(C)OC(=O)NC(=NCCCCCCNC(=O)CN1C(=O)[C@@H]2C3CCC(CC3)N2C(=O)[C@@H]1CC(=O)O)NC(=O)OC(C)(C)C. The average Bonchev–Trinajstić information content (AvgIpc) is 2.92. The number of aliphatic imine (C=N–C) groups is 1. The number of guanidine groups is 1. The van der Waals surface area contributed by atoms with E-state index in [1.165, 1.54) is 4.90 Å². The molecule has 0 aromatic heterocycles. The van der Waals surface area contributed by atoms with Crippen LogP contribution in [0.5, 0.6) is 0 Å². The molecule has 2 atom stereocenters. The van der Waals surface area contributed by atoms with Crippen molar-refractivity contribution in [2.45, 2.75) is 129 Å². The van der Waals surface area contributed by atoms with Crippen LogP contribution >= 0.6 is 0 Å². The van der Waals surface area contributed by atoms with Gasteiger partial charge in [0.2, 0.25) is 23.7 Å². The second-order valence-corrected chi connectivity index (χ2v) is 14.1. The summed E-state index contributed by atoms with van der Waals surface area (Å²) < 4.78 is 10.5. The summed E-state index contributed by atoms with van der Waals surface area (Å²) in [6.45, 7) is 10.5. The fraction of sp³-hybridized carbons (Fsp3) is 0.774. The van der Waals surface area contributed by atoms with Gasteiger partial charge in [0, 0.05) is 19.1 Å². The highest BCUT2D eigenvalue weighted by Gasteiger charge is 2.55. The van der Waals surface area contributed by atoms with Crippen LogP contribution in [0.25, 0.3) is 0 Å². The summed E-state index contributed by atoms with van der Waals surface area (Å²) in [6.07, 6.45) is 4.01. The van der Waals surface area contributed by atoms with Gasteiger partial charge in [-0.3, -0.25) is 34.8 Å². The lowest BCUT2D eigenvalue weighted by molar-refractivity contribution is -0.177. The summed E-state index contributed by atoms with van der Waals surface area (Å²) in [5.74, 6) is -2.40. The van der Waals surface area contributed by atoms with Crippen molar-refractivity contribution in [2.75, 3.05) is 19.6 Å². The highest BCUT2D eigenvalue weighted by atomic mass is 16.6. The Labute approximate surface area is 270 Å². The van der Waals surface area contributed by atoms with Crippen molar-refractivity contribution >= 4 is 41.8 Å². The molecule has 3 aliphatic heterocycles.